The minimum absolute atomic E-state index is 0.202. The fraction of sp³-hybridized carbons (Fsp3) is 0.889. The minimum atomic E-state index is 0.202. The first-order valence-electron chi connectivity index (χ1n) is 4.49. The van der Waals surface area contributed by atoms with Crippen molar-refractivity contribution in [2.75, 3.05) is 11.0 Å². The minimum Gasteiger partial charge on any atom is -0.356 e. The summed E-state index contributed by atoms with van der Waals surface area (Å²) in [5.41, 5.74) is 0. The molecule has 0 aliphatic rings. The molecule has 72 valence electrons. The molecule has 0 heterocycles. The lowest BCUT2D eigenvalue weighted by Crippen LogP contribution is -2.24. The van der Waals surface area contributed by atoms with E-state index in [4.69, 9.17) is 0 Å². The van der Waals surface area contributed by atoms with Crippen LogP contribution in [0, 0.1) is 5.92 Å². The van der Waals surface area contributed by atoms with Gasteiger partial charge in [-0.05, 0) is 18.8 Å². The van der Waals surface area contributed by atoms with Crippen LogP contribution in [0.4, 0.5) is 0 Å². The fourth-order valence-electron chi connectivity index (χ4n) is 0.803. The van der Waals surface area contributed by atoms with Gasteiger partial charge in [-0.3, -0.25) is 4.79 Å². The Morgan fingerprint density at radius 1 is 1.50 bits per heavy atom. The summed E-state index contributed by atoms with van der Waals surface area (Å²) in [6, 6.07) is 0. The molecule has 1 amide bonds. The molecule has 0 aliphatic carbocycles. The molecule has 0 radical (unpaired) electrons. The van der Waals surface area contributed by atoms with Crippen LogP contribution < -0.4 is 5.32 Å². The van der Waals surface area contributed by atoms with Crippen molar-refractivity contribution in [3.63, 3.8) is 0 Å². The van der Waals surface area contributed by atoms with Gasteiger partial charge in [0.2, 0.25) is 5.91 Å². The number of carbonyl (C=O) groups excluding carboxylic acids is 1. The van der Waals surface area contributed by atoms with Gasteiger partial charge in [-0.25, -0.2) is 0 Å². The number of amides is 1. The molecule has 0 atom stereocenters. The highest BCUT2D eigenvalue weighted by molar-refractivity contribution is 14.1. The highest BCUT2D eigenvalue weighted by Gasteiger charge is 2.01. The molecule has 0 aromatic rings. The Balaban J connectivity index is 3.22. The second-order valence-corrected chi connectivity index (χ2v) is 4.40. The second-order valence-electron chi connectivity index (χ2n) is 3.33. The van der Waals surface area contributed by atoms with Gasteiger partial charge in [0.15, 0.2) is 0 Å². The van der Waals surface area contributed by atoms with Gasteiger partial charge in [-0.15, -0.1) is 0 Å². The van der Waals surface area contributed by atoms with Crippen molar-refractivity contribution in [1.82, 2.24) is 5.32 Å². The van der Waals surface area contributed by atoms with E-state index < -0.39 is 0 Å². The Bertz CT molecular complexity index is 126. The van der Waals surface area contributed by atoms with Crippen molar-refractivity contribution < 1.29 is 4.79 Å². The lowest BCUT2D eigenvalue weighted by atomic mass is 10.1. The maximum atomic E-state index is 11.1. The van der Waals surface area contributed by atoms with Gasteiger partial charge in [-0.1, -0.05) is 36.4 Å². The van der Waals surface area contributed by atoms with Crippen molar-refractivity contribution in [3.8, 4) is 0 Å². The van der Waals surface area contributed by atoms with Gasteiger partial charge in [0.1, 0.15) is 0 Å². The average Bonchev–Trinajstić information content (AvgIpc) is 2.01. The number of carbonyl (C=O) groups is 1. The van der Waals surface area contributed by atoms with Crippen LogP contribution in [-0.2, 0) is 4.79 Å². The van der Waals surface area contributed by atoms with E-state index in [-0.39, 0.29) is 5.91 Å². The fourth-order valence-corrected chi connectivity index (χ4v) is 1.18. The second kappa shape index (κ2) is 7.83. The Kier molecular flexibility index (Phi) is 7.96. The number of hydrogen-bond acceptors (Lipinski definition) is 1. The summed E-state index contributed by atoms with van der Waals surface area (Å²) in [7, 11) is 0. The van der Waals surface area contributed by atoms with E-state index in [0.29, 0.717) is 12.3 Å². The summed E-state index contributed by atoms with van der Waals surface area (Å²) < 4.78 is 1.11. The summed E-state index contributed by atoms with van der Waals surface area (Å²) >= 11 is 2.31. The lowest BCUT2D eigenvalue weighted by Gasteiger charge is -2.05. The van der Waals surface area contributed by atoms with Crippen LogP contribution in [0.25, 0.3) is 0 Å². The number of halogens is 1. The van der Waals surface area contributed by atoms with Crippen LogP contribution in [0.2, 0.25) is 0 Å². The Morgan fingerprint density at radius 2 is 2.17 bits per heavy atom. The van der Waals surface area contributed by atoms with Crippen LogP contribution in [0.15, 0.2) is 0 Å². The van der Waals surface area contributed by atoms with Gasteiger partial charge in [0, 0.05) is 17.4 Å². The van der Waals surface area contributed by atoms with E-state index in [0.717, 1.165) is 23.8 Å². The van der Waals surface area contributed by atoms with E-state index >= 15 is 0 Å². The monoisotopic (exact) mass is 283 g/mol. The number of nitrogens with one attached hydrogen (secondary N) is 1. The van der Waals surface area contributed by atoms with Gasteiger partial charge >= 0.3 is 0 Å². The summed E-state index contributed by atoms with van der Waals surface area (Å²) in [5, 5.41) is 2.90. The molecule has 0 rings (SSSR count). The molecule has 0 aromatic heterocycles. The van der Waals surface area contributed by atoms with Crippen LogP contribution in [0.1, 0.15) is 33.1 Å². The van der Waals surface area contributed by atoms with E-state index in [9.17, 15) is 4.79 Å². The van der Waals surface area contributed by atoms with Crippen LogP contribution in [0.3, 0.4) is 0 Å². The van der Waals surface area contributed by atoms with Crippen molar-refractivity contribution in [2.45, 2.75) is 33.1 Å². The van der Waals surface area contributed by atoms with E-state index in [2.05, 4.69) is 41.8 Å². The molecular formula is C9H18INO. The Hall–Kier alpha value is 0.200. The molecule has 3 heteroatoms. The predicted octanol–water partition coefficient (Wildman–Crippen LogP) is 2.36. The standard InChI is InChI=1S/C9H18INO/c1-8(2)4-5-9(12)11-7-3-6-10/h8H,3-7H2,1-2H3,(H,11,12). The van der Waals surface area contributed by atoms with E-state index in [1.165, 1.54) is 0 Å². The summed E-state index contributed by atoms with van der Waals surface area (Å²) in [6.45, 7) is 5.11. The SMILES string of the molecule is CC(C)CCC(=O)NCCCI. The first kappa shape index (κ1) is 12.2. The topological polar surface area (TPSA) is 29.1 Å². The molecule has 0 aromatic carbocycles. The third-order valence-electron chi connectivity index (χ3n) is 1.58. The van der Waals surface area contributed by atoms with Gasteiger partial charge in [0.25, 0.3) is 0 Å². The number of rotatable bonds is 6. The van der Waals surface area contributed by atoms with Crippen LogP contribution in [-0.4, -0.2) is 16.9 Å². The summed E-state index contributed by atoms with van der Waals surface area (Å²) in [5.74, 6) is 0.828. The molecule has 0 spiro atoms. The third-order valence-corrected chi connectivity index (χ3v) is 2.34. The highest BCUT2D eigenvalue weighted by Crippen LogP contribution is 2.02. The highest BCUT2D eigenvalue weighted by atomic mass is 127. The average molecular weight is 283 g/mol. The van der Waals surface area contributed by atoms with Crippen LogP contribution >= 0.6 is 22.6 Å². The zero-order chi connectivity index (χ0) is 9.40. The molecule has 0 saturated carbocycles. The first-order valence-corrected chi connectivity index (χ1v) is 6.02. The molecule has 2 nitrogen and oxygen atoms in total. The van der Waals surface area contributed by atoms with Gasteiger partial charge < -0.3 is 5.32 Å². The maximum Gasteiger partial charge on any atom is 0.220 e. The molecule has 0 aliphatic heterocycles. The largest absolute Gasteiger partial charge is 0.356 e. The predicted molar refractivity (Wildman–Crippen MR) is 60.6 cm³/mol. The quantitative estimate of drug-likeness (QED) is 0.452. The normalized spacial score (nSPS) is 10.3. The molecule has 0 saturated heterocycles. The molecule has 0 bridgehead atoms. The molecule has 0 fully saturated rings. The number of alkyl halides is 1. The van der Waals surface area contributed by atoms with Crippen molar-refractivity contribution >= 4 is 28.5 Å². The van der Waals surface area contributed by atoms with Crippen molar-refractivity contribution in [1.29, 1.82) is 0 Å². The van der Waals surface area contributed by atoms with E-state index in [1.54, 1.807) is 0 Å². The van der Waals surface area contributed by atoms with Gasteiger partial charge in [-0.2, -0.15) is 0 Å². The summed E-state index contributed by atoms with van der Waals surface area (Å²) in [6.07, 6.45) is 2.75. The Labute approximate surface area is 88.6 Å². The first-order chi connectivity index (χ1) is 5.66. The van der Waals surface area contributed by atoms with E-state index in [1.807, 2.05) is 0 Å². The zero-order valence-corrected chi connectivity index (χ0v) is 10.1. The summed E-state index contributed by atoms with van der Waals surface area (Å²) in [4.78, 5) is 11.1. The maximum absolute atomic E-state index is 11.1. The molecule has 0 unspecified atom stereocenters. The van der Waals surface area contributed by atoms with Crippen LogP contribution in [0.5, 0.6) is 0 Å². The lowest BCUT2D eigenvalue weighted by molar-refractivity contribution is -0.121. The zero-order valence-electron chi connectivity index (χ0n) is 7.90. The van der Waals surface area contributed by atoms with Crippen molar-refractivity contribution in [2.24, 2.45) is 5.92 Å². The molecule has 1 N–H and O–H groups in total. The smallest absolute Gasteiger partial charge is 0.220 e. The third kappa shape index (κ3) is 8.30. The molecule has 12 heavy (non-hydrogen) atoms. The van der Waals surface area contributed by atoms with Gasteiger partial charge in [0.05, 0.1) is 0 Å². The number of hydrogen-bond donors (Lipinski definition) is 1. The Morgan fingerprint density at radius 3 is 2.67 bits per heavy atom. The molecular weight excluding hydrogens is 265 g/mol. The van der Waals surface area contributed by atoms with Crippen molar-refractivity contribution in [3.05, 3.63) is 0 Å².